The first kappa shape index (κ1) is 34.5. The molecule has 0 amide bonds. The fraction of sp³-hybridized carbons (Fsp3) is 0.114. The Morgan fingerprint density at radius 2 is 1.26 bits per heavy atom. The van der Waals surface area contributed by atoms with Crippen LogP contribution in [0.25, 0.3) is 22.3 Å². The molecule has 1 unspecified atom stereocenters. The van der Waals surface area contributed by atoms with E-state index in [0.29, 0.717) is 10.5 Å². The van der Waals surface area contributed by atoms with E-state index in [4.69, 9.17) is 4.74 Å². The molecule has 0 saturated heterocycles. The predicted molar refractivity (Wildman–Crippen MR) is 172 cm³/mol. The van der Waals surface area contributed by atoms with Gasteiger partial charge in [0.2, 0.25) is 17.0 Å². The summed E-state index contributed by atoms with van der Waals surface area (Å²) >= 11 is -0.203. The molecule has 238 valence electrons. The van der Waals surface area contributed by atoms with E-state index in [1.807, 2.05) is 66.7 Å². The van der Waals surface area contributed by atoms with Crippen LogP contribution in [-0.4, -0.2) is 37.4 Å². The van der Waals surface area contributed by atoms with E-state index in [2.05, 4.69) is 16.9 Å². The molecule has 0 aliphatic heterocycles. The van der Waals surface area contributed by atoms with Gasteiger partial charge >= 0.3 is 11.2 Å². The lowest BCUT2D eigenvalue weighted by molar-refractivity contribution is -0.0537. The smallest absolute Gasteiger partial charge is 0.357 e. The highest BCUT2D eigenvalue weighted by Crippen LogP contribution is 2.36. The van der Waals surface area contributed by atoms with Crippen LogP contribution in [0.1, 0.15) is 22.0 Å². The lowest BCUT2D eigenvalue weighted by Crippen LogP contribution is -2.34. The largest absolute Gasteiger partial charge is 0.743 e. The first-order chi connectivity index (χ1) is 22.1. The summed E-state index contributed by atoms with van der Waals surface area (Å²) < 4.78 is 81.1. The predicted octanol–water partition coefficient (Wildman–Crippen LogP) is 7.82. The minimum Gasteiger partial charge on any atom is -0.743 e. The Kier molecular flexibility index (Phi) is 12.2. The Balaban J connectivity index is 0.000000215. The van der Waals surface area contributed by atoms with Gasteiger partial charge in [-0.1, -0.05) is 121 Å². The van der Waals surface area contributed by atoms with E-state index < -0.39 is 40.7 Å². The maximum absolute atomic E-state index is 13.3. The third kappa shape index (κ3) is 9.30. The second-order valence-corrected chi connectivity index (χ2v) is 11.9. The zero-order valence-corrected chi connectivity index (χ0v) is 25.9. The van der Waals surface area contributed by atoms with Crippen LogP contribution in [0.3, 0.4) is 0 Å². The summed E-state index contributed by atoms with van der Waals surface area (Å²) in [5, 5.41) is -4.57. The average Bonchev–Trinajstić information content (AvgIpc) is 3.08. The molecule has 5 rings (SSSR count). The molecule has 5 aromatic rings. The summed E-state index contributed by atoms with van der Waals surface area (Å²) in [4.78, 5) is 12.9. The van der Waals surface area contributed by atoms with Gasteiger partial charge < -0.3 is 14.0 Å². The number of hydrogen-bond acceptors (Lipinski definition) is 6. The van der Waals surface area contributed by atoms with E-state index in [9.17, 15) is 30.4 Å². The van der Waals surface area contributed by atoms with Crippen molar-refractivity contribution < 1.29 is 39.9 Å². The fourth-order valence-corrected chi connectivity index (χ4v) is 5.08. The Morgan fingerprint density at radius 1 is 0.739 bits per heavy atom. The van der Waals surface area contributed by atoms with Crippen molar-refractivity contribution in [2.24, 2.45) is 0 Å². The zero-order chi connectivity index (χ0) is 33.0. The van der Waals surface area contributed by atoms with Crippen molar-refractivity contribution in [3.63, 3.8) is 0 Å². The van der Waals surface area contributed by atoms with Gasteiger partial charge in [0.25, 0.3) is 0 Å². The van der Waals surface area contributed by atoms with E-state index in [-0.39, 0.29) is 17.7 Å². The topological polar surface area (TPSA) is 92.7 Å². The number of alkyl halides is 2. The number of carbonyl (C=O) groups excluding carboxylic acids is 1. The number of ether oxygens (including phenoxy) is 2. The number of esters is 1. The maximum atomic E-state index is 13.3. The number of benzene rings is 5. The van der Waals surface area contributed by atoms with Gasteiger partial charge in [0, 0.05) is 9.45 Å². The van der Waals surface area contributed by atoms with E-state index >= 15 is 0 Å². The molecule has 0 heterocycles. The summed E-state index contributed by atoms with van der Waals surface area (Å²) in [6, 6.07) is 42.1. The molecule has 11 heteroatoms. The SMILES string of the molecule is F[SH+]c1cccc(-c2ccccc2)c1-c1ccccc1.O=C(OC(COCC(F)(F)S(=O)(=O)[O-])c1ccccc1)c1ccccc1. The number of rotatable bonds is 11. The summed E-state index contributed by atoms with van der Waals surface area (Å²) in [5.41, 5.74) is 4.91. The van der Waals surface area contributed by atoms with E-state index in [1.165, 1.54) is 12.1 Å². The molecule has 0 aromatic heterocycles. The van der Waals surface area contributed by atoms with Gasteiger partial charge in [-0.05, 0) is 40.5 Å². The number of hydrogen-bond donors (Lipinski definition) is 0. The minimum atomic E-state index is -5.85. The number of halogens is 3. The van der Waals surface area contributed by atoms with Crippen LogP contribution in [-0.2, 0) is 31.7 Å². The lowest BCUT2D eigenvalue weighted by atomic mass is 9.94. The number of thiol groups is 1. The van der Waals surface area contributed by atoms with E-state index in [1.54, 1.807) is 48.5 Å². The van der Waals surface area contributed by atoms with Gasteiger partial charge in [-0.25, -0.2) is 13.2 Å². The molecule has 5 aromatic carbocycles. The van der Waals surface area contributed by atoms with Crippen molar-refractivity contribution in [2.75, 3.05) is 13.2 Å². The summed E-state index contributed by atoms with van der Waals surface area (Å²) in [6.45, 7) is -2.18. The summed E-state index contributed by atoms with van der Waals surface area (Å²) in [6.07, 6.45) is -1.06. The molecular formula is C35H29F3O6S2. The summed E-state index contributed by atoms with van der Waals surface area (Å²) in [7, 11) is -5.85. The Labute approximate surface area is 269 Å². The first-order valence-electron chi connectivity index (χ1n) is 13.9. The van der Waals surface area contributed by atoms with Crippen molar-refractivity contribution >= 4 is 28.2 Å². The van der Waals surface area contributed by atoms with Gasteiger partial charge in [-0.3, -0.25) is 0 Å². The van der Waals surface area contributed by atoms with Crippen molar-refractivity contribution in [1.82, 2.24) is 0 Å². The second-order valence-electron chi connectivity index (χ2n) is 9.79. The molecule has 6 nitrogen and oxygen atoms in total. The Bertz CT molecular complexity index is 1790. The highest BCUT2D eigenvalue weighted by molar-refractivity contribution is 7.86. The zero-order valence-electron chi connectivity index (χ0n) is 24.2. The molecule has 0 spiro atoms. The van der Waals surface area contributed by atoms with Crippen molar-refractivity contribution in [3.8, 4) is 22.3 Å². The van der Waals surface area contributed by atoms with Crippen molar-refractivity contribution in [2.45, 2.75) is 16.3 Å². The second kappa shape index (κ2) is 16.2. The Morgan fingerprint density at radius 3 is 1.80 bits per heavy atom. The van der Waals surface area contributed by atoms with Crippen LogP contribution in [0.5, 0.6) is 0 Å². The molecule has 0 saturated carbocycles. The van der Waals surface area contributed by atoms with Crippen LogP contribution < -0.4 is 0 Å². The molecule has 1 atom stereocenters. The molecule has 0 fully saturated rings. The Hall–Kier alpha value is -4.42. The molecule has 46 heavy (non-hydrogen) atoms. The van der Waals surface area contributed by atoms with E-state index in [0.717, 1.165) is 22.3 Å². The van der Waals surface area contributed by atoms with Crippen LogP contribution in [0.15, 0.2) is 144 Å². The van der Waals surface area contributed by atoms with Crippen LogP contribution in [0.4, 0.5) is 12.7 Å². The highest BCUT2D eigenvalue weighted by atomic mass is 32.2. The van der Waals surface area contributed by atoms with Gasteiger partial charge in [0.05, 0.1) is 12.2 Å². The van der Waals surface area contributed by atoms with Gasteiger partial charge in [0.15, 0.2) is 16.2 Å². The van der Waals surface area contributed by atoms with Gasteiger partial charge in [0.1, 0.15) is 6.61 Å². The first-order valence-corrected chi connectivity index (χ1v) is 16.1. The van der Waals surface area contributed by atoms with Crippen LogP contribution >= 0.6 is 0 Å². The molecule has 0 bridgehead atoms. The van der Waals surface area contributed by atoms with Gasteiger partial charge in [-0.2, -0.15) is 8.78 Å². The third-order valence-corrected chi connectivity index (χ3v) is 8.02. The van der Waals surface area contributed by atoms with Crippen LogP contribution in [0.2, 0.25) is 0 Å². The van der Waals surface area contributed by atoms with Crippen molar-refractivity contribution in [3.05, 3.63) is 151 Å². The number of carbonyl (C=O) groups is 1. The highest BCUT2D eigenvalue weighted by Gasteiger charge is 2.38. The third-order valence-electron chi connectivity index (χ3n) is 6.62. The van der Waals surface area contributed by atoms with Gasteiger partial charge in [-0.15, -0.1) is 0 Å². The minimum absolute atomic E-state index is 0.203. The molecule has 0 aliphatic carbocycles. The molecule has 0 aliphatic rings. The standard InChI is InChI=1S/C18H13FS.C17H16F2O6S/c19-20-17-13-7-12-16(14-8-3-1-4-9-14)18(17)15-10-5-2-6-11-15;18-17(19,26(21,22)23)12-24-11-15(13-7-3-1-4-8-13)25-16(20)14-9-5-2-6-10-14/h1-13H;1-10,15H,11-12H2,(H,21,22,23). The maximum Gasteiger partial charge on any atom is 0.357 e. The molecule has 0 N–H and O–H groups in total. The molecule has 0 radical (unpaired) electrons. The van der Waals surface area contributed by atoms with Crippen molar-refractivity contribution in [1.29, 1.82) is 0 Å². The average molecular weight is 667 g/mol. The normalized spacial score (nSPS) is 12.0. The lowest BCUT2D eigenvalue weighted by Gasteiger charge is -2.22. The fourth-order valence-electron chi connectivity index (χ4n) is 4.37. The quantitative estimate of drug-likeness (QED) is 0.0618. The molecular weight excluding hydrogens is 638 g/mol. The van der Waals surface area contributed by atoms with Crippen LogP contribution in [0, 0.1) is 0 Å². The monoisotopic (exact) mass is 666 g/mol. The summed E-state index contributed by atoms with van der Waals surface area (Å²) in [5.74, 6) is -0.703.